The van der Waals surface area contributed by atoms with Crippen LogP contribution in [0.15, 0.2) is 21.5 Å². The predicted molar refractivity (Wildman–Crippen MR) is 70.3 cm³/mol. The van der Waals surface area contributed by atoms with Crippen LogP contribution in [-0.4, -0.2) is 37.5 Å². The van der Waals surface area contributed by atoms with Crippen molar-refractivity contribution < 1.29 is 17.9 Å². The van der Waals surface area contributed by atoms with E-state index in [-0.39, 0.29) is 16.6 Å². The number of aliphatic hydroxyl groups excluding tert-OH is 1. The van der Waals surface area contributed by atoms with Gasteiger partial charge in [-0.05, 0) is 35.0 Å². The van der Waals surface area contributed by atoms with Gasteiger partial charge in [0.2, 0.25) is 10.0 Å². The molecule has 0 aromatic heterocycles. The van der Waals surface area contributed by atoms with Crippen LogP contribution in [0.4, 0.5) is 4.39 Å². The minimum absolute atomic E-state index is 0.00892. The number of hydrogen-bond acceptors (Lipinski definition) is 4. The fourth-order valence-electron chi connectivity index (χ4n) is 1.45. The highest BCUT2D eigenvalue weighted by atomic mass is 79.9. The van der Waals surface area contributed by atoms with Crippen LogP contribution in [0.2, 0.25) is 0 Å². The fraction of sp³-hybridized carbons (Fsp3) is 0.364. The first kappa shape index (κ1) is 16.0. The highest BCUT2D eigenvalue weighted by Gasteiger charge is 2.26. The van der Waals surface area contributed by atoms with E-state index in [0.717, 1.165) is 16.4 Å². The molecule has 0 heterocycles. The van der Waals surface area contributed by atoms with Crippen LogP contribution < -0.4 is 0 Å². The zero-order chi connectivity index (χ0) is 14.8. The summed E-state index contributed by atoms with van der Waals surface area (Å²) in [5.41, 5.74) is 0.00892. The lowest BCUT2D eigenvalue weighted by Gasteiger charge is -2.19. The lowest BCUT2D eigenvalue weighted by atomic mass is 10.2. The summed E-state index contributed by atoms with van der Waals surface area (Å²) >= 11 is 3.01. The third-order valence-corrected chi connectivity index (χ3v) is 4.85. The lowest BCUT2D eigenvalue weighted by molar-refractivity contribution is 0.171. The van der Waals surface area contributed by atoms with Crippen LogP contribution in [0.1, 0.15) is 12.5 Å². The number of sulfonamides is 1. The smallest absolute Gasteiger partial charge is 0.245 e. The number of rotatable bonds is 4. The summed E-state index contributed by atoms with van der Waals surface area (Å²) in [5, 5.41) is 17.9. The molecule has 1 aromatic carbocycles. The Morgan fingerprint density at radius 3 is 2.63 bits per heavy atom. The molecule has 1 rings (SSSR count). The van der Waals surface area contributed by atoms with E-state index in [1.165, 1.54) is 14.0 Å². The van der Waals surface area contributed by atoms with Crippen LogP contribution in [0.3, 0.4) is 0 Å². The summed E-state index contributed by atoms with van der Waals surface area (Å²) in [7, 11) is -2.81. The maximum absolute atomic E-state index is 13.8. The molecule has 0 fully saturated rings. The van der Waals surface area contributed by atoms with Gasteiger partial charge in [-0.15, -0.1) is 0 Å². The Labute approximate surface area is 119 Å². The van der Waals surface area contributed by atoms with E-state index in [1.807, 2.05) is 0 Å². The molecule has 1 N–H and O–H groups in total. The summed E-state index contributed by atoms with van der Waals surface area (Å²) in [6.07, 6.45) is -0.871. The second-order valence-corrected chi connectivity index (χ2v) is 6.88. The van der Waals surface area contributed by atoms with Gasteiger partial charge < -0.3 is 5.11 Å². The fourth-order valence-corrected chi connectivity index (χ4v) is 3.35. The van der Waals surface area contributed by atoms with Crippen LogP contribution in [0, 0.1) is 17.1 Å². The molecular formula is C11H12BrFN2O3S. The molecule has 0 saturated carbocycles. The average molecular weight is 351 g/mol. The third-order valence-electron chi connectivity index (χ3n) is 2.35. The molecule has 0 spiro atoms. The van der Waals surface area contributed by atoms with Crippen molar-refractivity contribution in [2.75, 3.05) is 13.6 Å². The average Bonchev–Trinajstić information content (AvgIpc) is 2.30. The highest BCUT2D eigenvalue weighted by molar-refractivity contribution is 9.10. The summed E-state index contributed by atoms with van der Waals surface area (Å²) in [5.74, 6) is -1.00. The van der Waals surface area contributed by atoms with Gasteiger partial charge in [0.1, 0.15) is 16.8 Å². The van der Waals surface area contributed by atoms with Crippen molar-refractivity contribution >= 4 is 26.0 Å². The molecule has 8 heteroatoms. The van der Waals surface area contributed by atoms with E-state index in [9.17, 15) is 17.9 Å². The maximum atomic E-state index is 13.8. The van der Waals surface area contributed by atoms with Crippen LogP contribution in [-0.2, 0) is 10.0 Å². The molecule has 0 aliphatic heterocycles. The number of halogens is 2. The van der Waals surface area contributed by atoms with Gasteiger partial charge in [-0.3, -0.25) is 0 Å². The zero-order valence-corrected chi connectivity index (χ0v) is 12.7. The Kier molecular flexibility index (Phi) is 5.04. The molecule has 0 amide bonds. The van der Waals surface area contributed by atoms with Gasteiger partial charge in [-0.2, -0.15) is 9.57 Å². The number of nitriles is 1. The largest absolute Gasteiger partial charge is 0.392 e. The van der Waals surface area contributed by atoms with Crippen LogP contribution in [0.5, 0.6) is 0 Å². The Balaban J connectivity index is 3.31. The molecule has 0 radical (unpaired) electrons. The Morgan fingerprint density at radius 1 is 1.58 bits per heavy atom. The molecule has 0 unspecified atom stereocenters. The van der Waals surface area contributed by atoms with Gasteiger partial charge >= 0.3 is 0 Å². The second-order valence-electron chi connectivity index (χ2n) is 4.01. The van der Waals surface area contributed by atoms with Gasteiger partial charge in [-0.25, -0.2) is 12.8 Å². The van der Waals surface area contributed by atoms with Crippen molar-refractivity contribution in [1.29, 1.82) is 5.26 Å². The van der Waals surface area contributed by atoms with Gasteiger partial charge in [0, 0.05) is 18.1 Å². The summed E-state index contributed by atoms with van der Waals surface area (Å²) in [6.45, 7) is 1.27. The van der Waals surface area contributed by atoms with E-state index >= 15 is 0 Å². The van der Waals surface area contributed by atoms with Crippen molar-refractivity contribution in [1.82, 2.24) is 4.31 Å². The van der Waals surface area contributed by atoms with Crippen molar-refractivity contribution in [2.24, 2.45) is 0 Å². The Bertz CT molecular complexity index is 626. The first-order chi connectivity index (χ1) is 8.70. The standard InChI is InChI=1S/C11H12BrFN2O3S/c1-7(16)6-15(2)19(17,18)11-4-9(12)8(5-14)3-10(11)13/h3-4,7,16H,6H2,1-2H3/t7-/m0/s1. The number of benzene rings is 1. The molecule has 1 aromatic rings. The van der Waals surface area contributed by atoms with Crippen LogP contribution in [0.25, 0.3) is 0 Å². The topological polar surface area (TPSA) is 81.4 Å². The van der Waals surface area contributed by atoms with Gasteiger partial charge in [0.05, 0.1) is 11.7 Å². The van der Waals surface area contributed by atoms with Crippen molar-refractivity contribution in [2.45, 2.75) is 17.9 Å². The Morgan fingerprint density at radius 2 is 2.16 bits per heavy atom. The molecule has 1 atom stereocenters. The minimum Gasteiger partial charge on any atom is -0.392 e. The molecule has 0 aliphatic rings. The minimum atomic E-state index is -4.05. The van der Waals surface area contributed by atoms with E-state index < -0.39 is 26.8 Å². The molecule has 0 aliphatic carbocycles. The first-order valence-electron chi connectivity index (χ1n) is 5.23. The van der Waals surface area contributed by atoms with E-state index in [0.29, 0.717) is 0 Å². The third kappa shape index (κ3) is 3.51. The highest BCUT2D eigenvalue weighted by Crippen LogP contribution is 2.26. The van der Waals surface area contributed by atoms with Gasteiger partial charge in [0.15, 0.2) is 0 Å². The van der Waals surface area contributed by atoms with Crippen molar-refractivity contribution in [3.8, 4) is 6.07 Å². The molecule has 104 valence electrons. The van der Waals surface area contributed by atoms with Gasteiger partial charge in [-0.1, -0.05) is 0 Å². The molecular weight excluding hydrogens is 339 g/mol. The monoisotopic (exact) mass is 350 g/mol. The van der Waals surface area contributed by atoms with E-state index in [4.69, 9.17) is 5.26 Å². The summed E-state index contributed by atoms with van der Waals surface area (Å²) in [6, 6.07) is 3.64. The molecule has 0 bridgehead atoms. The lowest BCUT2D eigenvalue weighted by Crippen LogP contribution is -2.33. The Hall–Kier alpha value is -1.01. The number of hydrogen-bond donors (Lipinski definition) is 1. The molecule has 19 heavy (non-hydrogen) atoms. The first-order valence-corrected chi connectivity index (χ1v) is 7.47. The number of aliphatic hydroxyl groups is 1. The summed E-state index contributed by atoms with van der Waals surface area (Å²) in [4.78, 5) is -0.540. The normalized spacial score (nSPS) is 13.3. The molecule has 5 nitrogen and oxygen atoms in total. The van der Waals surface area contributed by atoms with Crippen molar-refractivity contribution in [3.63, 3.8) is 0 Å². The van der Waals surface area contributed by atoms with Gasteiger partial charge in [0.25, 0.3) is 0 Å². The zero-order valence-electron chi connectivity index (χ0n) is 10.3. The van der Waals surface area contributed by atoms with Crippen LogP contribution >= 0.6 is 15.9 Å². The molecule has 0 saturated heterocycles. The maximum Gasteiger partial charge on any atom is 0.245 e. The van der Waals surface area contributed by atoms with Crippen molar-refractivity contribution in [3.05, 3.63) is 28.0 Å². The quantitative estimate of drug-likeness (QED) is 0.891. The predicted octanol–water partition coefficient (Wildman–Crippen LogP) is 1.46. The number of nitrogens with zero attached hydrogens (tertiary/aromatic N) is 2. The van der Waals surface area contributed by atoms with E-state index in [1.54, 1.807) is 6.07 Å². The number of likely N-dealkylation sites (N-methyl/N-ethyl adjacent to an activating group) is 1. The summed E-state index contributed by atoms with van der Waals surface area (Å²) < 4.78 is 39.0. The van der Waals surface area contributed by atoms with E-state index in [2.05, 4.69) is 15.9 Å². The second kappa shape index (κ2) is 5.96. The SMILES string of the molecule is C[C@H](O)CN(C)S(=O)(=O)c1cc(Br)c(C#N)cc1F.